The number of hydrogen-bond donors (Lipinski definition) is 1. The van der Waals surface area contributed by atoms with E-state index in [2.05, 4.69) is 0 Å². The minimum Gasteiger partial charge on any atom is -0.382 e. The normalized spacial score (nSPS) is 18.0. The van der Waals surface area contributed by atoms with Gasteiger partial charge < -0.3 is 14.2 Å². The lowest BCUT2D eigenvalue weighted by Crippen LogP contribution is -2.30. The van der Waals surface area contributed by atoms with Crippen LogP contribution in [0.15, 0.2) is 60.7 Å². The van der Waals surface area contributed by atoms with Gasteiger partial charge in [0.25, 0.3) is 14.7 Å². The van der Waals surface area contributed by atoms with Gasteiger partial charge in [-0.15, -0.1) is 0 Å². The molecule has 30 heavy (non-hydrogen) atoms. The summed E-state index contributed by atoms with van der Waals surface area (Å²) >= 11 is 0. The Bertz CT molecular complexity index is 868. The van der Waals surface area contributed by atoms with Crippen molar-refractivity contribution < 1.29 is 23.3 Å². The zero-order valence-electron chi connectivity index (χ0n) is 18.5. The standard InChI is InChI=1S/C23H34O5P2/c1-6-27-29(25,20-13-9-7-10-14-20)22(17-18(2)3)28-30(26,23(24)19(4)5)21-15-11-8-12-16-21/h7-16,18-19,22-24H,6,17H2,1-5H3/t22-,23-,29-,30-/m1/s1. The Morgan fingerprint density at radius 3 is 1.70 bits per heavy atom. The van der Waals surface area contributed by atoms with Crippen LogP contribution >= 0.6 is 14.7 Å². The van der Waals surface area contributed by atoms with E-state index < -0.39 is 26.4 Å². The average molecular weight is 452 g/mol. The monoisotopic (exact) mass is 452 g/mol. The van der Waals surface area contributed by atoms with E-state index in [-0.39, 0.29) is 18.4 Å². The smallest absolute Gasteiger partial charge is 0.260 e. The van der Waals surface area contributed by atoms with Gasteiger partial charge in [-0.2, -0.15) is 0 Å². The molecule has 4 atom stereocenters. The maximum absolute atomic E-state index is 14.2. The summed E-state index contributed by atoms with van der Waals surface area (Å²) in [6.07, 6.45) is 0.383. The van der Waals surface area contributed by atoms with Gasteiger partial charge in [-0.1, -0.05) is 64.1 Å². The van der Waals surface area contributed by atoms with Gasteiger partial charge in [0.15, 0.2) is 0 Å². The van der Waals surface area contributed by atoms with Crippen LogP contribution in [-0.2, 0) is 18.2 Å². The zero-order chi connectivity index (χ0) is 22.4. The Morgan fingerprint density at radius 2 is 1.30 bits per heavy atom. The first-order valence-corrected chi connectivity index (χ1v) is 13.9. The van der Waals surface area contributed by atoms with E-state index >= 15 is 0 Å². The first kappa shape index (κ1) is 25.0. The summed E-state index contributed by atoms with van der Waals surface area (Å²) in [6, 6.07) is 17.6. The largest absolute Gasteiger partial charge is 0.382 e. The molecule has 0 aromatic heterocycles. The van der Waals surface area contributed by atoms with Gasteiger partial charge in [0, 0.05) is 10.6 Å². The van der Waals surface area contributed by atoms with Crippen LogP contribution in [0, 0.1) is 11.8 Å². The minimum atomic E-state index is -3.77. The van der Waals surface area contributed by atoms with Crippen molar-refractivity contribution in [2.24, 2.45) is 11.8 Å². The molecule has 0 bridgehead atoms. The molecule has 2 aromatic rings. The topological polar surface area (TPSA) is 72.8 Å². The fraction of sp³-hybridized carbons (Fsp3) is 0.478. The highest BCUT2D eigenvalue weighted by molar-refractivity contribution is 7.70. The molecule has 1 N–H and O–H groups in total. The molecule has 0 fully saturated rings. The van der Waals surface area contributed by atoms with Crippen LogP contribution in [0.2, 0.25) is 0 Å². The van der Waals surface area contributed by atoms with Crippen molar-refractivity contribution in [1.82, 2.24) is 0 Å². The predicted molar refractivity (Wildman–Crippen MR) is 124 cm³/mol. The fourth-order valence-corrected chi connectivity index (χ4v) is 8.89. The molecule has 0 saturated carbocycles. The van der Waals surface area contributed by atoms with Crippen molar-refractivity contribution in [2.45, 2.75) is 52.7 Å². The van der Waals surface area contributed by atoms with Gasteiger partial charge >= 0.3 is 0 Å². The van der Waals surface area contributed by atoms with E-state index in [1.807, 2.05) is 26.0 Å². The van der Waals surface area contributed by atoms with E-state index in [0.29, 0.717) is 17.0 Å². The summed E-state index contributed by atoms with van der Waals surface area (Å²) in [6.45, 7) is 9.57. The van der Waals surface area contributed by atoms with E-state index in [4.69, 9.17) is 9.05 Å². The van der Waals surface area contributed by atoms with E-state index in [9.17, 15) is 14.2 Å². The van der Waals surface area contributed by atoms with Crippen LogP contribution in [0.5, 0.6) is 0 Å². The first-order valence-electron chi connectivity index (χ1n) is 10.5. The summed E-state index contributed by atoms with van der Waals surface area (Å²) in [5.74, 6) is -2.36. The van der Waals surface area contributed by atoms with Crippen molar-refractivity contribution in [3.8, 4) is 0 Å². The summed E-state index contributed by atoms with van der Waals surface area (Å²) in [5, 5.41) is 11.9. The van der Waals surface area contributed by atoms with Crippen LogP contribution in [0.3, 0.4) is 0 Å². The number of aliphatic hydroxyl groups is 1. The second-order valence-corrected chi connectivity index (χ2v) is 13.1. The number of hydrogen-bond acceptors (Lipinski definition) is 5. The minimum absolute atomic E-state index is 0.118. The average Bonchev–Trinajstić information content (AvgIpc) is 2.73. The van der Waals surface area contributed by atoms with Gasteiger partial charge in [0.05, 0.1) is 6.61 Å². The molecule has 7 heteroatoms. The molecule has 0 aliphatic heterocycles. The van der Waals surface area contributed by atoms with Gasteiger partial charge in [-0.25, -0.2) is 0 Å². The van der Waals surface area contributed by atoms with Crippen LogP contribution < -0.4 is 10.6 Å². The fourth-order valence-electron chi connectivity index (χ4n) is 3.28. The highest BCUT2D eigenvalue weighted by Gasteiger charge is 2.46. The van der Waals surface area contributed by atoms with E-state index in [1.54, 1.807) is 69.3 Å². The molecule has 0 heterocycles. The summed E-state index contributed by atoms with van der Waals surface area (Å²) in [5.41, 5.74) is 0. The molecular formula is C23H34O5P2. The van der Waals surface area contributed by atoms with E-state index in [1.165, 1.54) is 0 Å². The van der Waals surface area contributed by atoms with Crippen LogP contribution in [0.1, 0.15) is 41.0 Å². The highest BCUT2D eigenvalue weighted by atomic mass is 31.2. The Morgan fingerprint density at radius 1 is 0.833 bits per heavy atom. The molecule has 0 saturated heterocycles. The predicted octanol–water partition coefficient (Wildman–Crippen LogP) is 5.59. The van der Waals surface area contributed by atoms with Crippen LogP contribution in [0.25, 0.3) is 0 Å². The molecule has 0 amide bonds. The Balaban J connectivity index is 2.61. The third-order valence-corrected chi connectivity index (χ3v) is 10.6. The van der Waals surface area contributed by atoms with Gasteiger partial charge in [0.2, 0.25) is 0 Å². The van der Waals surface area contributed by atoms with E-state index in [0.717, 1.165) is 0 Å². The van der Waals surface area contributed by atoms with Gasteiger partial charge in [-0.3, -0.25) is 9.13 Å². The van der Waals surface area contributed by atoms with Crippen LogP contribution in [0.4, 0.5) is 0 Å². The lowest BCUT2D eigenvalue weighted by molar-refractivity contribution is 0.153. The van der Waals surface area contributed by atoms with Crippen molar-refractivity contribution >= 4 is 25.3 Å². The summed E-state index contributed by atoms with van der Waals surface area (Å²) in [7, 11) is -7.30. The lowest BCUT2D eigenvalue weighted by Gasteiger charge is -2.34. The first-order chi connectivity index (χ1) is 14.1. The zero-order valence-corrected chi connectivity index (χ0v) is 20.3. The molecule has 0 aliphatic rings. The van der Waals surface area contributed by atoms with Crippen LogP contribution in [-0.4, -0.2) is 23.4 Å². The number of aliphatic hydroxyl groups excluding tert-OH is 1. The lowest BCUT2D eigenvalue weighted by atomic mass is 10.1. The molecule has 0 radical (unpaired) electrons. The molecule has 2 rings (SSSR count). The molecule has 5 nitrogen and oxygen atoms in total. The molecule has 0 aliphatic carbocycles. The molecule has 0 unspecified atom stereocenters. The third-order valence-electron chi connectivity index (χ3n) is 4.83. The Kier molecular flexibility index (Phi) is 9.09. The molecule has 2 aromatic carbocycles. The Labute approximate surface area is 180 Å². The summed E-state index contributed by atoms with van der Waals surface area (Å²) < 4.78 is 40.5. The van der Waals surface area contributed by atoms with Gasteiger partial charge in [-0.05, 0) is 49.4 Å². The second kappa shape index (κ2) is 10.9. The SMILES string of the molecule is CCO[P@](=O)(c1ccccc1)[C@H](CC(C)C)O[P@](=O)(c1ccccc1)[C@@H](O)C(C)C. The van der Waals surface area contributed by atoms with Crippen molar-refractivity contribution in [1.29, 1.82) is 0 Å². The Hall–Kier alpha value is -1.22. The van der Waals surface area contributed by atoms with Crippen molar-refractivity contribution in [3.63, 3.8) is 0 Å². The van der Waals surface area contributed by atoms with Gasteiger partial charge in [0.1, 0.15) is 11.7 Å². The summed E-state index contributed by atoms with van der Waals surface area (Å²) in [4.78, 5) is 0. The number of benzene rings is 2. The maximum atomic E-state index is 14.2. The maximum Gasteiger partial charge on any atom is 0.260 e. The molecule has 166 valence electrons. The molecular weight excluding hydrogens is 418 g/mol. The third kappa shape index (κ3) is 5.72. The molecule has 0 spiro atoms. The van der Waals surface area contributed by atoms with Crippen molar-refractivity contribution in [3.05, 3.63) is 60.7 Å². The number of rotatable bonds is 11. The van der Waals surface area contributed by atoms with Crippen molar-refractivity contribution in [2.75, 3.05) is 6.61 Å². The highest BCUT2D eigenvalue weighted by Crippen LogP contribution is 2.62. The quantitative estimate of drug-likeness (QED) is 0.450. The second-order valence-electron chi connectivity index (χ2n) is 8.13.